The lowest BCUT2D eigenvalue weighted by atomic mass is 9.87. The summed E-state index contributed by atoms with van der Waals surface area (Å²) in [6, 6.07) is 1.12. The Morgan fingerprint density at radius 1 is 1.12 bits per heavy atom. The Kier molecular flexibility index (Phi) is 3.50. The van der Waals surface area contributed by atoms with E-state index in [4.69, 9.17) is 0 Å². The molecule has 0 radical (unpaired) electrons. The van der Waals surface area contributed by atoms with Gasteiger partial charge >= 0.3 is 0 Å². The van der Waals surface area contributed by atoms with Gasteiger partial charge in [-0.2, -0.15) is 0 Å². The minimum absolute atomic E-state index is 0.0391. The molecule has 0 aromatic rings. The van der Waals surface area contributed by atoms with Crippen LogP contribution >= 0.6 is 0 Å². The molecule has 0 bridgehead atoms. The molecule has 0 amide bonds. The molecule has 4 heteroatoms. The largest absolute Gasteiger partial charge is 0.311 e. The normalized spacial score (nSPS) is 28.3. The van der Waals surface area contributed by atoms with Crippen LogP contribution in [0.5, 0.6) is 0 Å². The Labute approximate surface area is 96.4 Å². The summed E-state index contributed by atoms with van der Waals surface area (Å²) in [6.45, 7) is 6.61. The molecule has 16 heavy (non-hydrogen) atoms. The van der Waals surface area contributed by atoms with Crippen LogP contribution in [-0.2, 0) is 0 Å². The summed E-state index contributed by atoms with van der Waals surface area (Å²) in [5.74, 6) is -2.39. The number of hydrogen-bond acceptors (Lipinski definition) is 2. The maximum atomic E-state index is 12.7. The molecule has 0 unspecified atom stereocenters. The molecule has 1 aliphatic carbocycles. The van der Waals surface area contributed by atoms with Crippen molar-refractivity contribution < 1.29 is 8.78 Å². The molecule has 0 spiro atoms. The third kappa shape index (κ3) is 2.92. The van der Waals surface area contributed by atoms with Gasteiger partial charge in [0.15, 0.2) is 0 Å². The van der Waals surface area contributed by atoms with Crippen molar-refractivity contribution in [2.24, 2.45) is 0 Å². The van der Waals surface area contributed by atoms with Crippen molar-refractivity contribution in [2.45, 2.75) is 63.6 Å². The van der Waals surface area contributed by atoms with Crippen LogP contribution in [0.4, 0.5) is 8.78 Å². The SMILES string of the molecule is CC(C)N1CCC(NC2CC(F)(F)C2)CC1. The van der Waals surface area contributed by atoms with E-state index in [0.717, 1.165) is 25.9 Å². The van der Waals surface area contributed by atoms with Gasteiger partial charge in [0.1, 0.15) is 0 Å². The second-order valence-corrected chi connectivity index (χ2v) is 5.53. The Morgan fingerprint density at radius 3 is 2.12 bits per heavy atom. The lowest BCUT2D eigenvalue weighted by Crippen LogP contribution is -2.54. The number of hydrogen-bond donors (Lipinski definition) is 1. The van der Waals surface area contributed by atoms with E-state index in [9.17, 15) is 8.78 Å². The van der Waals surface area contributed by atoms with E-state index < -0.39 is 5.92 Å². The number of piperidine rings is 1. The van der Waals surface area contributed by atoms with E-state index in [1.807, 2.05) is 0 Å². The highest BCUT2D eigenvalue weighted by molar-refractivity contribution is 4.94. The van der Waals surface area contributed by atoms with E-state index in [2.05, 4.69) is 24.1 Å². The predicted octanol–water partition coefficient (Wildman–Crippen LogP) is 2.25. The molecule has 2 fully saturated rings. The van der Waals surface area contributed by atoms with Crippen LogP contribution in [0, 0.1) is 0 Å². The van der Waals surface area contributed by atoms with Gasteiger partial charge in [0.2, 0.25) is 0 Å². The van der Waals surface area contributed by atoms with Gasteiger partial charge < -0.3 is 10.2 Å². The highest BCUT2D eigenvalue weighted by Gasteiger charge is 2.45. The molecule has 94 valence electrons. The Bertz CT molecular complexity index is 227. The summed E-state index contributed by atoms with van der Waals surface area (Å²) in [5, 5.41) is 3.36. The van der Waals surface area contributed by atoms with E-state index in [1.165, 1.54) is 0 Å². The summed E-state index contributed by atoms with van der Waals surface area (Å²) < 4.78 is 25.3. The highest BCUT2D eigenvalue weighted by Crippen LogP contribution is 2.37. The monoisotopic (exact) mass is 232 g/mol. The summed E-state index contributed by atoms with van der Waals surface area (Å²) in [7, 11) is 0. The van der Waals surface area contributed by atoms with E-state index >= 15 is 0 Å². The van der Waals surface area contributed by atoms with Crippen LogP contribution in [-0.4, -0.2) is 42.0 Å². The number of halogens is 2. The molecule has 1 saturated heterocycles. The van der Waals surface area contributed by atoms with Crippen LogP contribution in [0.3, 0.4) is 0 Å². The number of rotatable bonds is 3. The molecular weight excluding hydrogens is 210 g/mol. The van der Waals surface area contributed by atoms with Crippen molar-refractivity contribution in [3.05, 3.63) is 0 Å². The molecule has 1 saturated carbocycles. The third-order valence-corrected chi connectivity index (χ3v) is 3.82. The summed E-state index contributed by atoms with van der Waals surface area (Å²) >= 11 is 0. The molecule has 2 nitrogen and oxygen atoms in total. The average Bonchev–Trinajstić information content (AvgIpc) is 2.15. The molecule has 0 aromatic carbocycles. The first-order valence-corrected chi connectivity index (χ1v) is 6.34. The van der Waals surface area contributed by atoms with Gasteiger partial charge in [0, 0.05) is 31.0 Å². The number of nitrogens with one attached hydrogen (secondary N) is 1. The maximum absolute atomic E-state index is 12.7. The molecule has 1 N–H and O–H groups in total. The van der Waals surface area contributed by atoms with Crippen LogP contribution in [0.1, 0.15) is 39.5 Å². The van der Waals surface area contributed by atoms with Crippen molar-refractivity contribution >= 4 is 0 Å². The number of nitrogens with zero attached hydrogens (tertiary/aromatic N) is 1. The fourth-order valence-corrected chi connectivity index (χ4v) is 2.69. The first kappa shape index (κ1) is 12.2. The molecule has 1 heterocycles. The first-order chi connectivity index (χ1) is 7.46. The lowest BCUT2D eigenvalue weighted by molar-refractivity contribution is -0.0959. The van der Waals surface area contributed by atoms with Crippen molar-refractivity contribution in [1.29, 1.82) is 0 Å². The molecule has 1 aliphatic heterocycles. The lowest BCUT2D eigenvalue weighted by Gasteiger charge is -2.41. The smallest absolute Gasteiger partial charge is 0.251 e. The Hall–Kier alpha value is -0.220. The molecule has 2 rings (SSSR count). The quantitative estimate of drug-likeness (QED) is 0.803. The third-order valence-electron chi connectivity index (χ3n) is 3.82. The fourth-order valence-electron chi connectivity index (χ4n) is 2.69. The maximum Gasteiger partial charge on any atom is 0.251 e. The van der Waals surface area contributed by atoms with Gasteiger partial charge in [-0.1, -0.05) is 0 Å². The predicted molar refractivity (Wildman–Crippen MR) is 60.8 cm³/mol. The van der Waals surface area contributed by atoms with Crippen molar-refractivity contribution in [3.63, 3.8) is 0 Å². The molecule has 0 atom stereocenters. The minimum Gasteiger partial charge on any atom is -0.311 e. The highest BCUT2D eigenvalue weighted by atomic mass is 19.3. The van der Waals surface area contributed by atoms with E-state index in [-0.39, 0.29) is 18.9 Å². The van der Waals surface area contributed by atoms with Gasteiger partial charge in [0.25, 0.3) is 5.92 Å². The molecule has 2 aliphatic rings. The zero-order chi connectivity index (χ0) is 11.8. The number of alkyl halides is 2. The molecular formula is C12H22F2N2. The zero-order valence-corrected chi connectivity index (χ0v) is 10.2. The standard InChI is InChI=1S/C12H22F2N2/c1-9(2)16-5-3-10(4-6-16)15-11-7-12(13,14)8-11/h9-11,15H,3-8H2,1-2H3. The zero-order valence-electron chi connectivity index (χ0n) is 10.2. The second kappa shape index (κ2) is 4.57. The van der Waals surface area contributed by atoms with Crippen molar-refractivity contribution in [3.8, 4) is 0 Å². The topological polar surface area (TPSA) is 15.3 Å². The molecule has 0 aromatic heterocycles. The Morgan fingerprint density at radius 2 is 1.69 bits per heavy atom. The Balaban J connectivity index is 1.67. The van der Waals surface area contributed by atoms with Crippen LogP contribution in [0.2, 0.25) is 0 Å². The summed E-state index contributed by atoms with van der Waals surface area (Å²) in [4.78, 5) is 2.45. The van der Waals surface area contributed by atoms with Crippen LogP contribution in [0.15, 0.2) is 0 Å². The average molecular weight is 232 g/mol. The van der Waals surface area contributed by atoms with Crippen LogP contribution < -0.4 is 5.32 Å². The van der Waals surface area contributed by atoms with Crippen LogP contribution in [0.25, 0.3) is 0 Å². The van der Waals surface area contributed by atoms with Gasteiger partial charge in [-0.3, -0.25) is 0 Å². The fraction of sp³-hybridized carbons (Fsp3) is 1.00. The second-order valence-electron chi connectivity index (χ2n) is 5.53. The van der Waals surface area contributed by atoms with Crippen molar-refractivity contribution in [2.75, 3.05) is 13.1 Å². The number of likely N-dealkylation sites (tertiary alicyclic amines) is 1. The van der Waals surface area contributed by atoms with E-state index in [0.29, 0.717) is 12.1 Å². The van der Waals surface area contributed by atoms with Gasteiger partial charge in [-0.25, -0.2) is 8.78 Å². The van der Waals surface area contributed by atoms with E-state index in [1.54, 1.807) is 0 Å². The summed E-state index contributed by atoms with van der Waals surface area (Å²) in [6.07, 6.45) is 2.27. The van der Waals surface area contributed by atoms with Gasteiger partial charge in [-0.15, -0.1) is 0 Å². The van der Waals surface area contributed by atoms with Gasteiger partial charge in [0.05, 0.1) is 0 Å². The first-order valence-electron chi connectivity index (χ1n) is 6.34. The summed E-state index contributed by atoms with van der Waals surface area (Å²) in [5.41, 5.74) is 0. The van der Waals surface area contributed by atoms with Crippen molar-refractivity contribution in [1.82, 2.24) is 10.2 Å². The minimum atomic E-state index is -2.39. The van der Waals surface area contributed by atoms with Gasteiger partial charge in [-0.05, 0) is 39.8 Å².